The Balaban J connectivity index is 1.66. The number of aromatic amines is 1. The number of rotatable bonds is 6. The van der Waals surface area contributed by atoms with Crippen LogP contribution in [0.3, 0.4) is 0 Å². The van der Waals surface area contributed by atoms with Crippen molar-refractivity contribution in [3.63, 3.8) is 0 Å². The molecule has 0 fully saturated rings. The monoisotopic (exact) mass is 433 g/mol. The lowest BCUT2D eigenvalue weighted by molar-refractivity contribution is 0.0945. The molecule has 7 nitrogen and oxygen atoms in total. The first kappa shape index (κ1) is 21.3. The molecule has 0 unspecified atom stereocenters. The Morgan fingerprint density at radius 3 is 2.53 bits per heavy atom. The Kier molecular flexibility index (Phi) is 6.31. The number of carbonyl (C=O) groups is 2. The summed E-state index contributed by atoms with van der Waals surface area (Å²) >= 11 is 5.79. The van der Waals surface area contributed by atoms with Gasteiger partial charge in [-0.05, 0) is 23.8 Å². The molecule has 1 heterocycles. The second-order valence-electron chi connectivity index (χ2n) is 6.57. The normalized spacial score (nSPS) is 10.6. The van der Waals surface area contributed by atoms with Crippen molar-refractivity contribution < 1.29 is 18.4 Å². The third kappa shape index (κ3) is 4.74. The van der Waals surface area contributed by atoms with Crippen LogP contribution in [0.1, 0.15) is 26.4 Å². The van der Waals surface area contributed by atoms with Crippen LogP contribution in [0.25, 0.3) is 0 Å². The molecule has 3 rings (SSSR count). The first-order valence-corrected chi connectivity index (χ1v) is 9.18. The van der Waals surface area contributed by atoms with Crippen molar-refractivity contribution >= 4 is 34.9 Å². The van der Waals surface area contributed by atoms with Gasteiger partial charge >= 0.3 is 0 Å². The van der Waals surface area contributed by atoms with Crippen molar-refractivity contribution in [2.45, 2.75) is 6.54 Å². The Bertz CT molecular complexity index is 1100. The van der Waals surface area contributed by atoms with E-state index in [0.717, 1.165) is 11.3 Å². The summed E-state index contributed by atoms with van der Waals surface area (Å²) in [6, 6.07) is 10.3. The summed E-state index contributed by atoms with van der Waals surface area (Å²) in [5.74, 6) is -3.50. The molecule has 3 N–H and O–H groups in total. The van der Waals surface area contributed by atoms with Crippen LogP contribution in [0.5, 0.6) is 0 Å². The standard InChI is InChI=1S/C20H18ClF2N5O2/c1-28(2)17-6-4-3-5-11(17)10-24-20(30)16-9-18(27-26-16)25-19(29)12-7-14(22)15(23)8-13(12)21/h3-9H,10H2,1-2H3,(H,24,30)(H2,25,26,27,29). The lowest BCUT2D eigenvalue weighted by atomic mass is 10.1. The first-order valence-electron chi connectivity index (χ1n) is 8.81. The second-order valence-corrected chi connectivity index (χ2v) is 6.98. The lowest BCUT2D eigenvalue weighted by Gasteiger charge is -2.17. The fourth-order valence-electron chi connectivity index (χ4n) is 2.75. The number of aromatic nitrogens is 2. The molecule has 0 saturated heterocycles. The van der Waals surface area contributed by atoms with Gasteiger partial charge in [0.2, 0.25) is 0 Å². The maximum absolute atomic E-state index is 13.4. The molecule has 2 amide bonds. The van der Waals surface area contributed by atoms with Gasteiger partial charge in [-0.2, -0.15) is 5.10 Å². The molecule has 0 spiro atoms. The number of halogens is 3. The van der Waals surface area contributed by atoms with Gasteiger partial charge in [0, 0.05) is 32.4 Å². The number of amides is 2. The quantitative estimate of drug-likeness (QED) is 0.518. The smallest absolute Gasteiger partial charge is 0.272 e. The zero-order chi connectivity index (χ0) is 21.8. The van der Waals surface area contributed by atoms with Crippen molar-refractivity contribution in [1.82, 2.24) is 15.5 Å². The predicted molar refractivity (Wildman–Crippen MR) is 110 cm³/mol. The van der Waals surface area contributed by atoms with Gasteiger partial charge in [0.15, 0.2) is 17.3 Å². The molecule has 0 atom stereocenters. The number of hydrogen-bond donors (Lipinski definition) is 3. The van der Waals surface area contributed by atoms with Crippen LogP contribution in [0, 0.1) is 11.6 Å². The molecule has 0 saturated carbocycles. The molecule has 156 valence electrons. The molecule has 30 heavy (non-hydrogen) atoms. The Hall–Kier alpha value is -3.46. The summed E-state index contributed by atoms with van der Waals surface area (Å²) in [7, 11) is 3.81. The summed E-state index contributed by atoms with van der Waals surface area (Å²) in [5, 5.41) is 11.3. The SMILES string of the molecule is CN(C)c1ccccc1CNC(=O)c1cc(NC(=O)c2cc(F)c(F)cc2Cl)[nH]n1. The van der Waals surface area contributed by atoms with Crippen LogP contribution in [-0.2, 0) is 6.54 Å². The van der Waals surface area contributed by atoms with Gasteiger partial charge in [-0.15, -0.1) is 0 Å². The van der Waals surface area contributed by atoms with E-state index in [1.165, 1.54) is 6.07 Å². The van der Waals surface area contributed by atoms with E-state index < -0.39 is 23.4 Å². The maximum atomic E-state index is 13.4. The molecule has 1 aromatic heterocycles. The van der Waals surface area contributed by atoms with E-state index in [-0.39, 0.29) is 28.6 Å². The average Bonchev–Trinajstić information content (AvgIpc) is 3.17. The predicted octanol–water partition coefficient (Wildman–Crippen LogP) is 3.59. The fourth-order valence-corrected chi connectivity index (χ4v) is 2.99. The Morgan fingerprint density at radius 1 is 1.10 bits per heavy atom. The highest BCUT2D eigenvalue weighted by molar-refractivity contribution is 6.34. The zero-order valence-corrected chi connectivity index (χ0v) is 16.8. The summed E-state index contributed by atoms with van der Waals surface area (Å²) < 4.78 is 26.5. The van der Waals surface area contributed by atoms with E-state index in [2.05, 4.69) is 20.8 Å². The molecule has 0 radical (unpaired) electrons. The third-order valence-corrected chi connectivity index (χ3v) is 4.54. The molecule has 0 aliphatic rings. The summed E-state index contributed by atoms with van der Waals surface area (Å²) in [5.41, 5.74) is 1.68. The van der Waals surface area contributed by atoms with E-state index in [1.54, 1.807) is 0 Å². The van der Waals surface area contributed by atoms with Crippen LogP contribution in [0.15, 0.2) is 42.5 Å². The molecule has 10 heteroatoms. The molecule has 3 aromatic rings. The maximum Gasteiger partial charge on any atom is 0.272 e. The number of H-pyrrole nitrogens is 1. The van der Waals surface area contributed by atoms with E-state index in [9.17, 15) is 18.4 Å². The van der Waals surface area contributed by atoms with Crippen LogP contribution in [-0.4, -0.2) is 36.1 Å². The minimum absolute atomic E-state index is 0.0454. The van der Waals surface area contributed by atoms with Crippen LogP contribution >= 0.6 is 11.6 Å². The summed E-state index contributed by atoms with van der Waals surface area (Å²) in [6.45, 7) is 0.284. The Morgan fingerprint density at radius 2 is 1.80 bits per heavy atom. The fraction of sp³-hybridized carbons (Fsp3) is 0.150. The molecule has 0 aliphatic heterocycles. The lowest BCUT2D eigenvalue weighted by Crippen LogP contribution is -2.24. The van der Waals surface area contributed by atoms with Gasteiger partial charge in [0.05, 0.1) is 10.6 Å². The van der Waals surface area contributed by atoms with Crippen LogP contribution in [0.2, 0.25) is 5.02 Å². The molecule has 2 aromatic carbocycles. The van der Waals surface area contributed by atoms with E-state index in [4.69, 9.17) is 11.6 Å². The van der Waals surface area contributed by atoms with Gasteiger partial charge in [-0.3, -0.25) is 14.7 Å². The molecule has 0 aliphatic carbocycles. The van der Waals surface area contributed by atoms with Crippen molar-refractivity contribution in [2.24, 2.45) is 0 Å². The number of anilines is 2. The number of carbonyl (C=O) groups excluding carboxylic acids is 2. The number of hydrogen-bond acceptors (Lipinski definition) is 4. The number of para-hydroxylation sites is 1. The zero-order valence-electron chi connectivity index (χ0n) is 16.1. The highest BCUT2D eigenvalue weighted by atomic mass is 35.5. The summed E-state index contributed by atoms with van der Waals surface area (Å²) in [6.07, 6.45) is 0. The van der Waals surface area contributed by atoms with Crippen molar-refractivity contribution in [1.29, 1.82) is 0 Å². The van der Waals surface area contributed by atoms with E-state index >= 15 is 0 Å². The van der Waals surface area contributed by atoms with Gasteiger partial charge in [0.1, 0.15) is 5.82 Å². The van der Waals surface area contributed by atoms with E-state index in [1.807, 2.05) is 43.3 Å². The minimum atomic E-state index is -1.20. The van der Waals surface area contributed by atoms with Crippen molar-refractivity contribution in [3.05, 3.63) is 75.9 Å². The van der Waals surface area contributed by atoms with Gasteiger partial charge in [0.25, 0.3) is 11.8 Å². The van der Waals surface area contributed by atoms with Crippen molar-refractivity contribution in [2.75, 3.05) is 24.3 Å². The third-order valence-electron chi connectivity index (χ3n) is 4.23. The van der Waals surface area contributed by atoms with Gasteiger partial charge < -0.3 is 15.5 Å². The molecule has 0 bridgehead atoms. The average molecular weight is 434 g/mol. The van der Waals surface area contributed by atoms with Crippen molar-refractivity contribution in [3.8, 4) is 0 Å². The molecular formula is C20H18ClF2N5O2. The van der Waals surface area contributed by atoms with Crippen LogP contribution < -0.4 is 15.5 Å². The number of benzene rings is 2. The second kappa shape index (κ2) is 8.91. The number of nitrogens with zero attached hydrogens (tertiary/aromatic N) is 2. The number of nitrogens with one attached hydrogen (secondary N) is 3. The Labute approximate surface area is 176 Å². The van der Waals surface area contributed by atoms with E-state index in [0.29, 0.717) is 12.1 Å². The summed E-state index contributed by atoms with van der Waals surface area (Å²) in [4.78, 5) is 26.6. The largest absolute Gasteiger partial charge is 0.377 e. The van der Waals surface area contributed by atoms with Gasteiger partial charge in [-0.25, -0.2) is 8.78 Å². The highest BCUT2D eigenvalue weighted by Crippen LogP contribution is 2.21. The highest BCUT2D eigenvalue weighted by Gasteiger charge is 2.17. The topological polar surface area (TPSA) is 90.1 Å². The van der Waals surface area contributed by atoms with Crippen LogP contribution in [0.4, 0.5) is 20.3 Å². The minimum Gasteiger partial charge on any atom is -0.377 e. The first-order chi connectivity index (χ1) is 14.3. The van der Waals surface area contributed by atoms with Gasteiger partial charge in [-0.1, -0.05) is 29.8 Å². The molecular weight excluding hydrogens is 416 g/mol.